The first-order valence-electron chi connectivity index (χ1n) is 8.34. The Hall–Kier alpha value is -1.93. The Bertz CT molecular complexity index is 941. The van der Waals surface area contributed by atoms with Gasteiger partial charge in [0.05, 0.1) is 12.2 Å². The number of thiazole rings is 1. The summed E-state index contributed by atoms with van der Waals surface area (Å²) in [6, 6.07) is 7.57. The summed E-state index contributed by atoms with van der Waals surface area (Å²) in [7, 11) is 1.86. The highest BCUT2D eigenvalue weighted by molar-refractivity contribution is 7.13. The normalized spacial score (nSPS) is 16.8. The van der Waals surface area contributed by atoms with E-state index in [9.17, 15) is 4.79 Å². The van der Waals surface area contributed by atoms with Crippen molar-refractivity contribution in [2.75, 3.05) is 19.6 Å². The van der Waals surface area contributed by atoms with Crippen molar-refractivity contribution >= 4 is 41.3 Å². The van der Waals surface area contributed by atoms with Gasteiger partial charge in [0.1, 0.15) is 10.7 Å². The molecule has 6 nitrogen and oxygen atoms in total. The topological polar surface area (TPSA) is 63.1 Å². The summed E-state index contributed by atoms with van der Waals surface area (Å²) in [5.74, 6) is -0.0668. The van der Waals surface area contributed by atoms with E-state index in [4.69, 9.17) is 11.6 Å². The van der Waals surface area contributed by atoms with Crippen LogP contribution in [0.25, 0.3) is 10.6 Å². The molecule has 1 atom stereocenters. The van der Waals surface area contributed by atoms with Gasteiger partial charge in [-0.25, -0.2) is 4.98 Å². The van der Waals surface area contributed by atoms with Gasteiger partial charge in [0.25, 0.3) is 5.91 Å². The zero-order valence-corrected chi connectivity index (χ0v) is 17.0. The lowest BCUT2D eigenvalue weighted by Gasteiger charge is -2.36. The lowest BCUT2D eigenvalue weighted by molar-refractivity contribution is 0.0629. The van der Waals surface area contributed by atoms with Gasteiger partial charge in [0.2, 0.25) is 0 Å². The van der Waals surface area contributed by atoms with Crippen molar-refractivity contribution in [3.8, 4) is 10.6 Å². The maximum Gasteiger partial charge on any atom is 0.273 e. The zero-order chi connectivity index (χ0) is 18.1. The van der Waals surface area contributed by atoms with Crippen LogP contribution in [0, 0.1) is 0 Å². The van der Waals surface area contributed by atoms with E-state index < -0.39 is 0 Å². The number of rotatable bonds is 3. The second-order valence-corrected chi connectivity index (χ2v) is 7.45. The van der Waals surface area contributed by atoms with E-state index in [0.717, 1.165) is 22.7 Å². The van der Waals surface area contributed by atoms with Gasteiger partial charge in [-0.15, -0.1) is 23.7 Å². The highest BCUT2D eigenvalue weighted by Gasteiger charge is 2.31. The van der Waals surface area contributed by atoms with Gasteiger partial charge in [-0.05, 0) is 11.6 Å². The second kappa shape index (κ2) is 8.39. The van der Waals surface area contributed by atoms with E-state index in [1.807, 2.05) is 47.8 Å². The van der Waals surface area contributed by atoms with Crippen LogP contribution < -0.4 is 5.32 Å². The number of nitrogens with one attached hydrogen (secondary N) is 1. The number of hydrogen-bond acceptors (Lipinski definition) is 5. The van der Waals surface area contributed by atoms with Crippen LogP contribution in [0.3, 0.4) is 0 Å². The van der Waals surface area contributed by atoms with Crippen LogP contribution in [0.5, 0.6) is 0 Å². The van der Waals surface area contributed by atoms with Gasteiger partial charge in [-0.3, -0.25) is 9.48 Å². The number of carbonyl (C=O) groups is 1. The number of piperazine rings is 1. The van der Waals surface area contributed by atoms with Gasteiger partial charge in [0.15, 0.2) is 0 Å². The van der Waals surface area contributed by atoms with Crippen molar-refractivity contribution in [1.82, 2.24) is 25.0 Å². The van der Waals surface area contributed by atoms with Crippen molar-refractivity contribution in [3.05, 3.63) is 58.3 Å². The van der Waals surface area contributed by atoms with Gasteiger partial charge < -0.3 is 10.2 Å². The molecular formula is C18H19Cl2N5OS. The lowest BCUT2D eigenvalue weighted by atomic mass is 10.0. The Morgan fingerprint density at radius 1 is 1.37 bits per heavy atom. The van der Waals surface area contributed by atoms with Crippen molar-refractivity contribution in [1.29, 1.82) is 0 Å². The monoisotopic (exact) mass is 423 g/mol. The van der Waals surface area contributed by atoms with Crippen LogP contribution >= 0.6 is 35.3 Å². The molecule has 1 amide bonds. The predicted octanol–water partition coefficient (Wildman–Crippen LogP) is 3.41. The Labute approximate surface area is 172 Å². The molecule has 4 rings (SSSR count). The van der Waals surface area contributed by atoms with Gasteiger partial charge in [0, 0.05) is 48.8 Å². The number of carbonyl (C=O) groups excluding carboxylic acids is 1. The Morgan fingerprint density at radius 3 is 2.93 bits per heavy atom. The molecule has 1 aliphatic rings. The molecule has 1 unspecified atom stereocenters. The van der Waals surface area contributed by atoms with Crippen LogP contribution in [0.4, 0.5) is 0 Å². The third-order valence-corrected chi connectivity index (χ3v) is 5.68. The highest BCUT2D eigenvalue weighted by atomic mass is 35.5. The first kappa shape index (κ1) is 19.8. The molecule has 142 valence electrons. The van der Waals surface area contributed by atoms with E-state index in [1.54, 1.807) is 10.9 Å². The summed E-state index contributed by atoms with van der Waals surface area (Å²) < 4.78 is 1.72. The highest BCUT2D eigenvalue weighted by Crippen LogP contribution is 2.30. The summed E-state index contributed by atoms with van der Waals surface area (Å²) in [5, 5.41) is 10.8. The summed E-state index contributed by atoms with van der Waals surface area (Å²) >= 11 is 7.83. The van der Waals surface area contributed by atoms with E-state index in [0.29, 0.717) is 23.8 Å². The molecule has 0 aliphatic carbocycles. The molecule has 3 heterocycles. The van der Waals surface area contributed by atoms with Crippen LogP contribution in [-0.4, -0.2) is 45.2 Å². The van der Waals surface area contributed by atoms with E-state index >= 15 is 0 Å². The number of benzene rings is 1. The van der Waals surface area contributed by atoms with E-state index in [2.05, 4.69) is 15.4 Å². The quantitative estimate of drug-likeness (QED) is 0.700. The number of aromatic nitrogens is 3. The average molecular weight is 424 g/mol. The summed E-state index contributed by atoms with van der Waals surface area (Å²) in [5.41, 5.74) is 2.34. The number of amides is 1. The number of hydrogen-bond donors (Lipinski definition) is 1. The fraction of sp³-hybridized carbons (Fsp3) is 0.278. The summed E-state index contributed by atoms with van der Waals surface area (Å²) in [4.78, 5) is 19.5. The number of nitrogens with zero attached hydrogens (tertiary/aromatic N) is 4. The van der Waals surface area contributed by atoms with Crippen LogP contribution in [0.1, 0.15) is 22.1 Å². The molecule has 1 aromatic carbocycles. The van der Waals surface area contributed by atoms with Crippen molar-refractivity contribution < 1.29 is 4.79 Å². The first-order chi connectivity index (χ1) is 12.6. The minimum Gasteiger partial charge on any atom is -0.328 e. The molecule has 1 N–H and O–H groups in total. The van der Waals surface area contributed by atoms with Gasteiger partial charge >= 0.3 is 0 Å². The molecule has 27 heavy (non-hydrogen) atoms. The summed E-state index contributed by atoms with van der Waals surface area (Å²) in [6.07, 6.45) is 3.65. The molecular weight excluding hydrogens is 405 g/mol. The molecule has 9 heteroatoms. The van der Waals surface area contributed by atoms with Gasteiger partial charge in [-0.1, -0.05) is 29.8 Å². The van der Waals surface area contributed by atoms with Crippen molar-refractivity contribution in [2.45, 2.75) is 6.04 Å². The third kappa shape index (κ3) is 4.01. The molecule has 0 bridgehead atoms. The lowest BCUT2D eigenvalue weighted by Crippen LogP contribution is -2.48. The Kier molecular flexibility index (Phi) is 6.16. The molecule has 3 aromatic rings. The first-order valence-corrected chi connectivity index (χ1v) is 9.60. The molecule has 2 aromatic heterocycles. The predicted molar refractivity (Wildman–Crippen MR) is 110 cm³/mol. The van der Waals surface area contributed by atoms with Crippen LogP contribution in [-0.2, 0) is 7.05 Å². The smallest absolute Gasteiger partial charge is 0.273 e. The van der Waals surface area contributed by atoms with Crippen LogP contribution in [0.15, 0.2) is 42.0 Å². The minimum absolute atomic E-state index is 0. The fourth-order valence-corrected chi connectivity index (χ4v) is 4.18. The standard InChI is InChI=1S/C18H18ClN5OS.ClH/c1-23-10-12(8-21-23)17-22-15(11-26-17)18(25)24-7-6-20-9-16(24)13-4-2-3-5-14(13)19;/h2-5,8,10-11,16,20H,6-7,9H2,1H3;1H. The zero-order valence-electron chi connectivity index (χ0n) is 14.6. The summed E-state index contributed by atoms with van der Waals surface area (Å²) in [6.45, 7) is 2.05. The molecule has 0 radical (unpaired) electrons. The van der Waals surface area contributed by atoms with Crippen molar-refractivity contribution in [3.63, 3.8) is 0 Å². The number of aryl methyl sites for hydroxylation is 1. The minimum atomic E-state index is -0.103. The number of halogens is 2. The maximum atomic E-state index is 13.1. The third-order valence-electron chi connectivity index (χ3n) is 4.44. The maximum absolute atomic E-state index is 13.1. The Morgan fingerprint density at radius 2 is 2.19 bits per heavy atom. The Balaban J connectivity index is 0.00000210. The molecule has 0 saturated carbocycles. The van der Waals surface area contributed by atoms with E-state index in [-0.39, 0.29) is 24.4 Å². The fourth-order valence-electron chi connectivity index (χ4n) is 3.15. The molecule has 0 spiro atoms. The second-order valence-electron chi connectivity index (χ2n) is 6.18. The van der Waals surface area contributed by atoms with Crippen LogP contribution in [0.2, 0.25) is 5.02 Å². The van der Waals surface area contributed by atoms with Crippen molar-refractivity contribution in [2.24, 2.45) is 7.05 Å². The van der Waals surface area contributed by atoms with E-state index in [1.165, 1.54) is 11.3 Å². The van der Waals surface area contributed by atoms with Gasteiger partial charge in [-0.2, -0.15) is 5.10 Å². The SMILES string of the molecule is Cl.Cn1cc(-c2nc(C(=O)N3CCNCC3c3ccccc3Cl)cs2)cn1. The molecule has 1 saturated heterocycles. The molecule has 1 fully saturated rings. The average Bonchev–Trinajstić information content (AvgIpc) is 3.31. The molecule has 1 aliphatic heterocycles. The largest absolute Gasteiger partial charge is 0.328 e.